The number of carbonyl (C=O) groups is 1. The second-order valence-corrected chi connectivity index (χ2v) is 4.79. The summed E-state index contributed by atoms with van der Waals surface area (Å²) in [5.74, 6) is 0.805. The van der Waals surface area contributed by atoms with Gasteiger partial charge < -0.3 is 14.8 Å². The first-order chi connectivity index (χ1) is 11.1. The number of aromatic nitrogens is 3. The number of nitrogens with one attached hydrogen (secondary N) is 2. The molecule has 9 heteroatoms. The van der Waals surface area contributed by atoms with Gasteiger partial charge in [0.2, 0.25) is 4.77 Å². The number of rotatable bonds is 7. The first-order valence-corrected chi connectivity index (χ1v) is 7.28. The average Bonchev–Trinajstić information content (AvgIpc) is 2.96. The number of hydrogen-bond acceptors (Lipinski definition) is 6. The number of methoxy groups -OCH3 is 1. The number of likely N-dealkylation sites (N-methyl/N-ethyl adjacent to an activating group) is 1. The van der Waals surface area contributed by atoms with E-state index in [0.29, 0.717) is 22.8 Å². The van der Waals surface area contributed by atoms with Crippen LogP contribution in [0.2, 0.25) is 0 Å². The monoisotopic (exact) mass is 335 g/mol. The molecule has 1 aromatic carbocycles. The molecule has 0 aliphatic carbocycles. The van der Waals surface area contributed by atoms with Crippen LogP contribution >= 0.6 is 12.2 Å². The van der Waals surface area contributed by atoms with Crippen molar-refractivity contribution in [2.75, 3.05) is 20.3 Å². The Morgan fingerprint density at radius 1 is 1.52 bits per heavy atom. The highest BCUT2D eigenvalue weighted by Crippen LogP contribution is 2.27. The maximum absolute atomic E-state index is 11.4. The number of ether oxygens (including phenoxy) is 2. The lowest BCUT2D eigenvalue weighted by Gasteiger charge is -2.11. The van der Waals surface area contributed by atoms with E-state index in [1.54, 1.807) is 24.4 Å². The van der Waals surface area contributed by atoms with Crippen molar-refractivity contribution in [3.63, 3.8) is 0 Å². The summed E-state index contributed by atoms with van der Waals surface area (Å²) >= 11 is 5.00. The highest BCUT2D eigenvalue weighted by molar-refractivity contribution is 7.71. The summed E-state index contributed by atoms with van der Waals surface area (Å²) in [6, 6.07) is 5.26. The second kappa shape index (κ2) is 8.08. The van der Waals surface area contributed by atoms with Crippen LogP contribution in [0.1, 0.15) is 12.5 Å². The minimum atomic E-state index is -0.186. The van der Waals surface area contributed by atoms with Crippen molar-refractivity contribution in [1.82, 2.24) is 20.2 Å². The van der Waals surface area contributed by atoms with E-state index in [9.17, 15) is 4.79 Å². The molecular weight excluding hydrogens is 318 g/mol. The van der Waals surface area contributed by atoms with E-state index in [1.165, 1.54) is 18.1 Å². The number of carbonyl (C=O) groups excluding carboxylic acids is 1. The zero-order chi connectivity index (χ0) is 16.7. The maximum Gasteiger partial charge on any atom is 0.257 e. The molecule has 0 saturated carbocycles. The fraction of sp³-hybridized carbons (Fsp3) is 0.286. The zero-order valence-electron chi connectivity index (χ0n) is 12.8. The van der Waals surface area contributed by atoms with Gasteiger partial charge in [-0.3, -0.25) is 9.89 Å². The van der Waals surface area contributed by atoms with Crippen LogP contribution in [0.5, 0.6) is 11.5 Å². The summed E-state index contributed by atoms with van der Waals surface area (Å²) in [6.07, 6.45) is 3.08. The molecule has 0 spiro atoms. The molecular formula is C14H17N5O3S. The highest BCUT2D eigenvalue weighted by atomic mass is 32.1. The molecule has 2 aromatic rings. The van der Waals surface area contributed by atoms with Crippen molar-refractivity contribution in [1.29, 1.82) is 0 Å². The fourth-order valence-electron chi connectivity index (χ4n) is 1.73. The molecule has 0 atom stereocenters. The molecule has 0 aliphatic heterocycles. The molecule has 0 saturated heterocycles. The van der Waals surface area contributed by atoms with E-state index < -0.39 is 0 Å². The number of benzene rings is 1. The standard InChI is InChI=1S/C14H17N5O3S/c1-3-15-13(20)8-22-11-5-4-10(6-12(11)21-2)7-17-19-9-16-18-14(19)23/h4-7,9H,3,8H2,1-2H3,(H,15,20)(H,18,23)/b17-7-. The summed E-state index contributed by atoms with van der Waals surface area (Å²) in [5.41, 5.74) is 0.787. The van der Waals surface area contributed by atoms with Crippen molar-refractivity contribution < 1.29 is 14.3 Å². The van der Waals surface area contributed by atoms with E-state index in [1.807, 2.05) is 6.92 Å². The summed E-state index contributed by atoms with van der Waals surface area (Å²) < 4.78 is 12.6. The number of amides is 1. The smallest absolute Gasteiger partial charge is 0.257 e. The molecule has 122 valence electrons. The number of aromatic amines is 1. The van der Waals surface area contributed by atoms with Crippen molar-refractivity contribution in [3.8, 4) is 11.5 Å². The lowest BCUT2D eigenvalue weighted by Crippen LogP contribution is -2.28. The Bertz CT molecular complexity index is 753. The maximum atomic E-state index is 11.4. The van der Waals surface area contributed by atoms with E-state index in [2.05, 4.69) is 20.6 Å². The van der Waals surface area contributed by atoms with Crippen molar-refractivity contribution in [3.05, 3.63) is 34.9 Å². The van der Waals surface area contributed by atoms with E-state index >= 15 is 0 Å². The van der Waals surface area contributed by atoms with Crippen LogP contribution < -0.4 is 14.8 Å². The predicted octanol–water partition coefficient (Wildman–Crippen LogP) is 1.35. The molecule has 1 heterocycles. The SMILES string of the molecule is CCNC(=O)COc1ccc(/C=N\n2cn[nH]c2=S)cc1OC. The summed E-state index contributed by atoms with van der Waals surface area (Å²) in [4.78, 5) is 11.4. The van der Waals surface area contributed by atoms with Crippen LogP contribution in [0.25, 0.3) is 0 Å². The third-order valence-electron chi connectivity index (χ3n) is 2.79. The first kappa shape index (κ1) is 16.7. The molecule has 2 N–H and O–H groups in total. The third-order valence-corrected chi connectivity index (χ3v) is 3.07. The third kappa shape index (κ3) is 4.65. The van der Waals surface area contributed by atoms with Gasteiger partial charge in [-0.25, -0.2) is 0 Å². The van der Waals surface area contributed by atoms with Crippen molar-refractivity contribution in [2.45, 2.75) is 6.92 Å². The fourth-order valence-corrected chi connectivity index (χ4v) is 1.88. The van der Waals surface area contributed by atoms with Crippen molar-refractivity contribution in [2.24, 2.45) is 5.10 Å². The predicted molar refractivity (Wildman–Crippen MR) is 87.6 cm³/mol. The van der Waals surface area contributed by atoms with Crippen LogP contribution in [0.15, 0.2) is 29.6 Å². The van der Waals surface area contributed by atoms with Gasteiger partial charge in [-0.05, 0) is 42.9 Å². The lowest BCUT2D eigenvalue weighted by molar-refractivity contribution is -0.123. The quantitative estimate of drug-likeness (QED) is 0.588. The molecule has 23 heavy (non-hydrogen) atoms. The van der Waals surface area contributed by atoms with E-state index in [-0.39, 0.29) is 12.5 Å². The minimum Gasteiger partial charge on any atom is -0.493 e. The van der Waals surface area contributed by atoms with E-state index in [0.717, 1.165) is 5.56 Å². The zero-order valence-corrected chi connectivity index (χ0v) is 13.6. The lowest BCUT2D eigenvalue weighted by atomic mass is 10.2. The molecule has 0 bridgehead atoms. The Kier molecular flexibility index (Phi) is 5.87. The first-order valence-electron chi connectivity index (χ1n) is 6.88. The van der Waals surface area contributed by atoms with Crippen LogP contribution in [0.4, 0.5) is 0 Å². The van der Waals surface area contributed by atoms with Gasteiger partial charge in [0.1, 0.15) is 6.33 Å². The molecule has 1 aromatic heterocycles. The van der Waals surface area contributed by atoms with Gasteiger partial charge in [0.05, 0.1) is 13.3 Å². The Labute approximate surface area is 138 Å². The molecule has 0 radical (unpaired) electrons. The number of H-pyrrole nitrogens is 1. The van der Waals surface area contributed by atoms with Gasteiger partial charge in [-0.1, -0.05) is 0 Å². The highest BCUT2D eigenvalue weighted by Gasteiger charge is 2.07. The van der Waals surface area contributed by atoms with Gasteiger partial charge in [0, 0.05) is 6.54 Å². The van der Waals surface area contributed by atoms with Crippen LogP contribution in [0.3, 0.4) is 0 Å². The summed E-state index contributed by atoms with van der Waals surface area (Å²) in [7, 11) is 1.53. The van der Waals surface area contributed by atoms with Crippen molar-refractivity contribution >= 4 is 24.3 Å². The van der Waals surface area contributed by atoms with Gasteiger partial charge in [0.15, 0.2) is 18.1 Å². The van der Waals surface area contributed by atoms with Crippen LogP contribution in [-0.4, -0.2) is 47.3 Å². The number of hydrogen-bond donors (Lipinski definition) is 2. The normalized spacial score (nSPS) is 10.7. The largest absolute Gasteiger partial charge is 0.493 e. The molecule has 1 amide bonds. The summed E-state index contributed by atoms with van der Waals surface area (Å²) in [6.45, 7) is 2.34. The van der Waals surface area contributed by atoms with Gasteiger partial charge in [-0.2, -0.15) is 14.9 Å². The van der Waals surface area contributed by atoms with Gasteiger partial charge >= 0.3 is 0 Å². The Morgan fingerprint density at radius 3 is 3.00 bits per heavy atom. The van der Waals surface area contributed by atoms with Gasteiger partial charge in [-0.15, -0.1) is 0 Å². The summed E-state index contributed by atoms with van der Waals surface area (Å²) in [5, 5.41) is 13.2. The second-order valence-electron chi connectivity index (χ2n) is 4.40. The van der Waals surface area contributed by atoms with Crippen LogP contribution in [-0.2, 0) is 4.79 Å². The minimum absolute atomic E-state index is 0.0676. The molecule has 0 unspecified atom stereocenters. The molecule has 0 fully saturated rings. The van der Waals surface area contributed by atoms with Crippen LogP contribution in [0, 0.1) is 4.77 Å². The molecule has 2 rings (SSSR count). The topological polar surface area (TPSA) is 93.5 Å². The Balaban J connectivity index is 2.10. The Morgan fingerprint density at radius 2 is 2.35 bits per heavy atom. The Hall–Kier alpha value is -2.68. The molecule has 0 aliphatic rings. The molecule has 8 nitrogen and oxygen atoms in total. The van der Waals surface area contributed by atoms with E-state index in [4.69, 9.17) is 21.7 Å². The van der Waals surface area contributed by atoms with Gasteiger partial charge in [0.25, 0.3) is 5.91 Å². The number of nitrogens with zero attached hydrogens (tertiary/aromatic N) is 3. The average molecular weight is 335 g/mol.